The number of nitrogens with zero attached hydrogens (tertiary/aromatic N) is 3. The zero-order chi connectivity index (χ0) is 36.0. The van der Waals surface area contributed by atoms with Gasteiger partial charge in [-0.15, -0.1) is 5.10 Å². The molecular weight excluding hydrogens is 630 g/mol. The maximum Gasteiger partial charge on any atom is 0.305 e. The molecule has 0 saturated heterocycles. The Morgan fingerprint density at radius 1 is 0.745 bits per heavy atom. The summed E-state index contributed by atoms with van der Waals surface area (Å²) in [5, 5.41) is 46.2. The number of aryl methyl sites for hydroxylation is 1. The van der Waals surface area contributed by atoms with Crippen molar-refractivity contribution < 1.29 is 58.5 Å². The number of primary amides is 1. The van der Waals surface area contributed by atoms with Gasteiger partial charge < -0.3 is 47.6 Å². The number of nitrogens with two attached hydrogens (primary N) is 1. The zero-order valence-corrected chi connectivity index (χ0v) is 26.0. The molecule has 1 aromatic rings. The summed E-state index contributed by atoms with van der Waals surface area (Å²) >= 11 is 0. The highest BCUT2D eigenvalue weighted by atomic mass is 16.4. The molecule has 260 valence electrons. The monoisotopic (exact) mass is 669 g/mol. The van der Waals surface area contributed by atoms with Gasteiger partial charge in [-0.05, 0) is 12.3 Å². The van der Waals surface area contributed by atoms with Gasteiger partial charge in [0.15, 0.2) is 0 Å². The third-order valence-corrected chi connectivity index (χ3v) is 6.33. The first-order valence-corrected chi connectivity index (χ1v) is 14.1. The Kier molecular flexibility index (Phi) is 15.4. The third-order valence-electron chi connectivity index (χ3n) is 6.33. The van der Waals surface area contributed by atoms with Gasteiger partial charge in [0.1, 0.15) is 30.2 Å². The predicted molar refractivity (Wildman–Crippen MR) is 155 cm³/mol. The molecule has 0 aromatic carbocycles. The minimum absolute atomic E-state index is 0.202. The molecule has 1 aromatic heterocycles. The lowest BCUT2D eigenvalue weighted by atomic mass is 10.0. The van der Waals surface area contributed by atoms with Gasteiger partial charge in [0.05, 0.1) is 18.5 Å². The molecular formula is C26H39N9O12. The van der Waals surface area contributed by atoms with Crippen LogP contribution in [0.15, 0.2) is 6.20 Å². The maximum absolute atomic E-state index is 13.3. The van der Waals surface area contributed by atoms with E-state index in [9.17, 15) is 48.3 Å². The van der Waals surface area contributed by atoms with E-state index in [-0.39, 0.29) is 12.1 Å². The number of nitrogens with one attached hydrogen (secondary N) is 5. The molecule has 1 rings (SSSR count). The highest BCUT2D eigenvalue weighted by Crippen LogP contribution is 2.08. The molecule has 0 unspecified atom stereocenters. The summed E-state index contributed by atoms with van der Waals surface area (Å²) in [6.07, 6.45) is -1.71. The fourth-order valence-electron chi connectivity index (χ4n) is 4.07. The molecule has 5 atom stereocenters. The van der Waals surface area contributed by atoms with E-state index >= 15 is 0 Å². The Bertz CT molecular complexity index is 1350. The number of aromatic nitrogens is 3. The predicted octanol–water partition coefficient (Wildman–Crippen LogP) is -4.24. The second-order valence-corrected chi connectivity index (χ2v) is 10.8. The highest BCUT2D eigenvalue weighted by Gasteiger charge is 2.34. The van der Waals surface area contributed by atoms with Crippen LogP contribution in [0.4, 0.5) is 0 Å². The van der Waals surface area contributed by atoms with Crippen molar-refractivity contribution in [3.05, 3.63) is 11.9 Å². The van der Waals surface area contributed by atoms with Gasteiger partial charge in [0.25, 0.3) is 0 Å². The smallest absolute Gasteiger partial charge is 0.305 e. The SMILES string of the molecule is CC(=O)N[C@@H](CC(=O)O)C(=O)N[C@@H](CCC(=O)O)C(=O)N[C@H](C(=O)N[C@@H](CC(=O)O)C(=O)N[C@@H](Cc1cn(C)nn1)C(N)=O)C(C)C. The summed E-state index contributed by atoms with van der Waals surface area (Å²) in [6, 6.07) is -7.86. The van der Waals surface area contributed by atoms with Crippen molar-refractivity contribution in [1.29, 1.82) is 0 Å². The van der Waals surface area contributed by atoms with Crippen LogP contribution in [0.25, 0.3) is 0 Å². The normalized spacial score (nSPS) is 14.0. The quantitative estimate of drug-likeness (QED) is 0.0635. The molecule has 10 N–H and O–H groups in total. The number of carboxylic acid groups (broad SMARTS) is 3. The molecule has 0 aliphatic carbocycles. The van der Waals surface area contributed by atoms with Crippen LogP contribution in [-0.2, 0) is 56.6 Å². The Hall–Kier alpha value is -5.63. The number of carbonyl (C=O) groups is 9. The van der Waals surface area contributed by atoms with E-state index in [1.54, 1.807) is 7.05 Å². The topological polar surface area (TPSA) is 331 Å². The van der Waals surface area contributed by atoms with E-state index in [4.69, 9.17) is 15.9 Å². The minimum Gasteiger partial charge on any atom is -0.481 e. The van der Waals surface area contributed by atoms with E-state index in [1.807, 2.05) is 0 Å². The van der Waals surface area contributed by atoms with Crippen molar-refractivity contribution in [3.8, 4) is 0 Å². The Balaban J connectivity index is 3.18. The average Bonchev–Trinajstić information content (AvgIpc) is 3.35. The maximum atomic E-state index is 13.3. The van der Waals surface area contributed by atoms with Gasteiger partial charge in [0, 0.05) is 33.0 Å². The van der Waals surface area contributed by atoms with Crippen LogP contribution >= 0.6 is 0 Å². The molecule has 21 heteroatoms. The Morgan fingerprint density at radius 3 is 1.66 bits per heavy atom. The fraction of sp³-hybridized carbons (Fsp3) is 0.577. The van der Waals surface area contributed by atoms with E-state index in [2.05, 4.69) is 36.9 Å². The number of carboxylic acids is 3. The molecule has 0 saturated carbocycles. The van der Waals surface area contributed by atoms with Crippen molar-refractivity contribution in [3.63, 3.8) is 0 Å². The molecule has 21 nitrogen and oxygen atoms in total. The van der Waals surface area contributed by atoms with Crippen LogP contribution in [0.2, 0.25) is 0 Å². The van der Waals surface area contributed by atoms with Crippen LogP contribution in [0.1, 0.15) is 52.1 Å². The molecule has 0 bridgehead atoms. The van der Waals surface area contributed by atoms with Gasteiger partial charge in [-0.25, -0.2) is 0 Å². The van der Waals surface area contributed by atoms with E-state index in [0.717, 1.165) is 6.92 Å². The van der Waals surface area contributed by atoms with Crippen molar-refractivity contribution >= 4 is 53.4 Å². The van der Waals surface area contributed by atoms with Crippen LogP contribution in [0.3, 0.4) is 0 Å². The lowest BCUT2D eigenvalue weighted by molar-refractivity contribution is -0.142. The van der Waals surface area contributed by atoms with Gasteiger partial charge in [-0.2, -0.15) is 0 Å². The van der Waals surface area contributed by atoms with Crippen molar-refractivity contribution in [2.45, 2.75) is 83.1 Å². The van der Waals surface area contributed by atoms with Gasteiger partial charge in [-0.1, -0.05) is 19.1 Å². The number of carbonyl (C=O) groups excluding carboxylic acids is 6. The zero-order valence-electron chi connectivity index (χ0n) is 26.0. The first kappa shape index (κ1) is 39.4. The second kappa shape index (κ2) is 18.4. The standard InChI is InChI=1S/C26H39N9O12/c1-11(2)21(32-23(44)14(5-6-18(37)38)29-24(45)16(8-19(39)40)28-12(3)36)26(47)31-17(9-20(41)42)25(46)30-15(22(27)43)7-13-10-35(4)34-33-13/h10-11,14-17,21H,5-9H2,1-4H3,(H2,27,43)(H,28,36)(H,29,45)(H,30,46)(H,31,47)(H,32,44)(H,37,38)(H,39,40)(H,41,42)/t14-,15-,16-,17-,21-/m0/s1. The number of amides is 6. The van der Waals surface area contributed by atoms with Crippen LogP contribution in [0, 0.1) is 5.92 Å². The Morgan fingerprint density at radius 2 is 1.23 bits per heavy atom. The molecule has 6 amide bonds. The largest absolute Gasteiger partial charge is 0.481 e. The van der Waals surface area contributed by atoms with E-state index in [1.165, 1.54) is 24.7 Å². The molecule has 0 aliphatic rings. The molecule has 0 fully saturated rings. The summed E-state index contributed by atoms with van der Waals surface area (Å²) in [6.45, 7) is 3.98. The van der Waals surface area contributed by atoms with Crippen LogP contribution in [-0.4, -0.2) is 114 Å². The molecule has 0 aliphatic heterocycles. The number of aliphatic carboxylic acids is 3. The van der Waals surface area contributed by atoms with Gasteiger partial charge in [-0.3, -0.25) is 47.8 Å². The lowest BCUT2D eigenvalue weighted by Crippen LogP contribution is -2.60. The molecule has 0 spiro atoms. The van der Waals surface area contributed by atoms with Crippen molar-refractivity contribution in [1.82, 2.24) is 41.6 Å². The highest BCUT2D eigenvalue weighted by molar-refractivity contribution is 5.97. The third kappa shape index (κ3) is 14.3. The summed E-state index contributed by atoms with van der Waals surface area (Å²) in [5.41, 5.74) is 5.65. The molecule has 47 heavy (non-hydrogen) atoms. The van der Waals surface area contributed by atoms with Crippen LogP contribution < -0.4 is 32.3 Å². The van der Waals surface area contributed by atoms with Gasteiger partial charge in [0.2, 0.25) is 35.4 Å². The van der Waals surface area contributed by atoms with Crippen molar-refractivity contribution in [2.75, 3.05) is 0 Å². The fourth-order valence-corrected chi connectivity index (χ4v) is 4.07. The lowest BCUT2D eigenvalue weighted by Gasteiger charge is -2.28. The minimum atomic E-state index is -1.76. The first-order chi connectivity index (χ1) is 21.8. The Labute approximate surface area is 267 Å². The summed E-state index contributed by atoms with van der Waals surface area (Å²) in [4.78, 5) is 110. The van der Waals surface area contributed by atoms with Crippen LogP contribution in [0.5, 0.6) is 0 Å². The van der Waals surface area contributed by atoms with Gasteiger partial charge >= 0.3 is 17.9 Å². The summed E-state index contributed by atoms with van der Waals surface area (Å²) in [7, 11) is 1.56. The summed E-state index contributed by atoms with van der Waals surface area (Å²) < 4.78 is 1.33. The van der Waals surface area contributed by atoms with E-state index < -0.39 is 115 Å². The average molecular weight is 670 g/mol. The molecule has 0 radical (unpaired) electrons. The summed E-state index contributed by atoms with van der Waals surface area (Å²) in [5.74, 6) is -11.1. The number of hydrogen-bond acceptors (Lipinski definition) is 11. The second-order valence-electron chi connectivity index (χ2n) is 10.8. The number of hydrogen-bond donors (Lipinski definition) is 9. The first-order valence-electron chi connectivity index (χ1n) is 14.1. The van der Waals surface area contributed by atoms with E-state index in [0.29, 0.717) is 0 Å². The number of rotatable bonds is 20. The molecule has 1 heterocycles. The van der Waals surface area contributed by atoms with Crippen molar-refractivity contribution in [2.24, 2.45) is 18.7 Å².